The van der Waals surface area contributed by atoms with Gasteiger partial charge in [-0.1, -0.05) is 42.5 Å². The van der Waals surface area contributed by atoms with Gasteiger partial charge in [-0.05, 0) is 55.6 Å². The first-order valence-electron chi connectivity index (χ1n) is 9.55. The van der Waals surface area contributed by atoms with E-state index < -0.39 is 0 Å². The maximum atomic E-state index is 12.6. The Morgan fingerprint density at radius 1 is 1.07 bits per heavy atom. The average molecular weight is 368 g/mol. The lowest BCUT2D eigenvalue weighted by molar-refractivity contribution is 0.0835. The second-order valence-corrected chi connectivity index (χ2v) is 7.18. The van der Waals surface area contributed by atoms with Crippen molar-refractivity contribution in [1.29, 1.82) is 0 Å². The van der Waals surface area contributed by atoms with Crippen molar-refractivity contribution in [3.8, 4) is 5.75 Å². The van der Waals surface area contributed by atoms with E-state index in [1.807, 2.05) is 49.5 Å². The lowest BCUT2D eigenvalue weighted by atomic mass is 10.0. The summed E-state index contributed by atoms with van der Waals surface area (Å²) >= 11 is 0. The Morgan fingerprint density at radius 2 is 1.74 bits per heavy atom. The molecule has 1 atom stereocenters. The molecule has 1 aliphatic heterocycles. The fraction of sp³-hybridized carbons (Fsp3) is 0.409. The Morgan fingerprint density at radius 3 is 2.41 bits per heavy atom. The normalized spacial score (nSPS) is 15.4. The van der Waals surface area contributed by atoms with Gasteiger partial charge in [-0.25, -0.2) is 4.79 Å². The first-order chi connectivity index (χ1) is 13.1. The highest BCUT2D eigenvalue weighted by atomic mass is 16.6. The molecular weight excluding hydrogens is 340 g/mol. The number of amides is 1. The molecule has 1 fully saturated rings. The van der Waals surface area contributed by atoms with Gasteiger partial charge >= 0.3 is 6.09 Å². The smallest absolute Gasteiger partial charge is 0.410 e. The Balaban J connectivity index is 1.63. The molecule has 1 aliphatic rings. The van der Waals surface area contributed by atoms with Gasteiger partial charge < -0.3 is 19.6 Å². The van der Waals surface area contributed by atoms with Crippen LogP contribution < -0.4 is 0 Å². The first-order valence-corrected chi connectivity index (χ1v) is 9.55. The Bertz CT molecular complexity index is 712. The van der Waals surface area contributed by atoms with Gasteiger partial charge in [0.2, 0.25) is 0 Å². The molecule has 0 unspecified atom stereocenters. The van der Waals surface area contributed by atoms with Crippen molar-refractivity contribution in [1.82, 2.24) is 9.80 Å². The van der Waals surface area contributed by atoms with Gasteiger partial charge in [-0.15, -0.1) is 0 Å². The number of rotatable bonds is 7. The van der Waals surface area contributed by atoms with Gasteiger partial charge in [0, 0.05) is 13.6 Å². The maximum Gasteiger partial charge on any atom is 0.410 e. The van der Waals surface area contributed by atoms with E-state index in [1.165, 1.54) is 12.8 Å². The molecule has 0 spiro atoms. The largest absolute Gasteiger partial charge is 0.508 e. The topological polar surface area (TPSA) is 53.0 Å². The van der Waals surface area contributed by atoms with Crippen LogP contribution in [0.3, 0.4) is 0 Å². The quantitative estimate of drug-likeness (QED) is 0.810. The number of likely N-dealkylation sites (N-methyl/N-ethyl adjacent to an activating group) is 1. The standard InChI is InChI=1S/C22H28N2O3/c1-23(22(26)27-17-19-7-3-2-4-8-19)20(16-24-13-5-6-14-24)15-18-9-11-21(25)12-10-18/h2-4,7-12,20,25H,5-6,13-17H2,1H3/t20-/m1/s1. The van der Waals surface area contributed by atoms with Crippen LogP contribution in [0.25, 0.3) is 0 Å². The van der Waals surface area contributed by atoms with Crippen LogP contribution in [0.5, 0.6) is 5.75 Å². The van der Waals surface area contributed by atoms with Crippen LogP contribution in [-0.2, 0) is 17.8 Å². The van der Waals surface area contributed by atoms with Gasteiger partial charge in [-0.2, -0.15) is 0 Å². The van der Waals surface area contributed by atoms with E-state index >= 15 is 0 Å². The SMILES string of the molecule is CN(C(=O)OCc1ccccc1)[C@H](Cc1ccc(O)cc1)CN1CCCC1. The van der Waals surface area contributed by atoms with Crippen molar-refractivity contribution < 1.29 is 14.6 Å². The third-order valence-corrected chi connectivity index (χ3v) is 5.12. The fourth-order valence-corrected chi connectivity index (χ4v) is 3.46. The van der Waals surface area contributed by atoms with E-state index in [1.54, 1.807) is 17.0 Å². The third-order valence-electron chi connectivity index (χ3n) is 5.12. The summed E-state index contributed by atoms with van der Waals surface area (Å²) in [5.41, 5.74) is 2.08. The van der Waals surface area contributed by atoms with E-state index in [0.717, 1.165) is 37.2 Å². The minimum atomic E-state index is -0.304. The number of phenolic OH excluding ortho intramolecular Hbond substituents is 1. The second kappa shape index (κ2) is 9.42. The van der Waals surface area contributed by atoms with Crippen LogP contribution in [0.4, 0.5) is 4.79 Å². The molecule has 0 bridgehead atoms. The van der Waals surface area contributed by atoms with Crippen LogP contribution in [0, 0.1) is 0 Å². The van der Waals surface area contributed by atoms with Gasteiger partial charge in [0.1, 0.15) is 12.4 Å². The highest BCUT2D eigenvalue weighted by Crippen LogP contribution is 2.17. The van der Waals surface area contributed by atoms with Crippen LogP contribution >= 0.6 is 0 Å². The van der Waals surface area contributed by atoms with Crippen molar-refractivity contribution in [3.05, 3.63) is 65.7 Å². The highest BCUT2D eigenvalue weighted by molar-refractivity contribution is 5.67. The molecule has 0 saturated carbocycles. The van der Waals surface area contributed by atoms with Gasteiger partial charge in [-0.3, -0.25) is 0 Å². The minimum Gasteiger partial charge on any atom is -0.508 e. The molecule has 0 radical (unpaired) electrons. The number of nitrogens with zero attached hydrogens (tertiary/aromatic N) is 2. The number of likely N-dealkylation sites (tertiary alicyclic amines) is 1. The van der Waals surface area contributed by atoms with E-state index in [0.29, 0.717) is 0 Å². The molecule has 1 N–H and O–H groups in total. The Hall–Kier alpha value is -2.53. The lowest BCUT2D eigenvalue weighted by Crippen LogP contribution is -2.45. The number of phenols is 1. The van der Waals surface area contributed by atoms with Gasteiger partial charge in [0.15, 0.2) is 0 Å². The predicted octanol–water partition coefficient (Wildman–Crippen LogP) is 3.67. The number of hydrogen-bond donors (Lipinski definition) is 1. The molecule has 0 aliphatic carbocycles. The van der Waals surface area contributed by atoms with Crippen molar-refractivity contribution in [2.45, 2.75) is 31.9 Å². The summed E-state index contributed by atoms with van der Waals surface area (Å²) in [5, 5.41) is 9.50. The molecular formula is C22H28N2O3. The second-order valence-electron chi connectivity index (χ2n) is 7.18. The van der Waals surface area contributed by atoms with Crippen LogP contribution in [0.2, 0.25) is 0 Å². The number of hydrogen-bond acceptors (Lipinski definition) is 4. The zero-order valence-corrected chi connectivity index (χ0v) is 15.9. The van der Waals surface area contributed by atoms with E-state index in [2.05, 4.69) is 4.90 Å². The number of aromatic hydroxyl groups is 1. The van der Waals surface area contributed by atoms with Crippen LogP contribution in [0.1, 0.15) is 24.0 Å². The van der Waals surface area contributed by atoms with Gasteiger partial charge in [0.05, 0.1) is 6.04 Å². The minimum absolute atomic E-state index is 0.0240. The summed E-state index contributed by atoms with van der Waals surface area (Å²) in [6.45, 7) is 3.27. The average Bonchev–Trinajstić information content (AvgIpc) is 3.20. The van der Waals surface area contributed by atoms with Crippen molar-refractivity contribution >= 4 is 6.09 Å². The molecule has 5 nitrogen and oxygen atoms in total. The Kier molecular flexibility index (Phi) is 6.71. The zero-order valence-electron chi connectivity index (χ0n) is 15.9. The summed E-state index contributed by atoms with van der Waals surface area (Å²) in [6, 6.07) is 17.0. The van der Waals surface area contributed by atoms with E-state index in [4.69, 9.17) is 4.74 Å². The fourth-order valence-electron chi connectivity index (χ4n) is 3.46. The van der Waals surface area contributed by atoms with Crippen LogP contribution in [-0.4, -0.2) is 53.7 Å². The molecule has 1 heterocycles. The number of carbonyl (C=O) groups excluding carboxylic acids is 1. The summed E-state index contributed by atoms with van der Waals surface area (Å²) in [6.07, 6.45) is 2.86. The monoisotopic (exact) mass is 368 g/mol. The molecule has 3 rings (SSSR count). The predicted molar refractivity (Wildman–Crippen MR) is 106 cm³/mol. The molecule has 5 heteroatoms. The number of ether oxygens (including phenoxy) is 1. The number of benzene rings is 2. The molecule has 2 aromatic rings. The molecule has 27 heavy (non-hydrogen) atoms. The van der Waals surface area contributed by atoms with Crippen LogP contribution in [0.15, 0.2) is 54.6 Å². The zero-order chi connectivity index (χ0) is 19.1. The van der Waals surface area contributed by atoms with Gasteiger partial charge in [0.25, 0.3) is 0 Å². The molecule has 1 amide bonds. The summed E-state index contributed by atoms with van der Waals surface area (Å²) in [4.78, 5) is 16.7. The molecule has 2 aromatic carbocycles. The van der Waals surface area contributed by atoms with Crippen molar-refractivity contribution in [3.63, 3.8) is 0 Å². The maximum absolute atomic E-state index is 12.6. The number of carbonyl (C=O) groups is 1. The third kappa shape index (κ3) is 5.73. The molecule has 0 aromatic heterocycles. The summed E-state index contributed by atoms with van der Waals surface area (Å²) in [7, 11) is 1.81. The van der Waals surface area contributed by atoms with E-state index in [9.17, 15) is 9.90 Å². The molecule has 1 saturated heterocycles. The molecule has 144 valence electrons. The summed E-state index contributed by atoms with van der Waals surface area (Å²) in [5.74, 6) is 0.255. The van der Waals surface area contributed by atoms with Crippen molar-refractivity contribution in [2.24, 2.45) is 0 Å². The van der Waals surface area contributed by atoms with Crippen molar-refractivity contribution in [2.75, 3.05) is 26.7 Å². The Labute approximate surface area is 161 Å². The van der Waals surface area contributed by atoms with E-state index in [-0.39, 0.29) is 24.5 Å². The lowest BCUT2D eigenvalue weighted by Gasteiger charge is -2.31. The summed E-state index contributed by atoms with van der Waals surface area (Å²) < 4.78 is 5.52. The first kappa shape index (κ1) is 19.2. The highest BCUT2D eigenvalue weighted by Gasteiger charge is 2.25.